The number of aromatic nitrogens is 3. The van der Waals surface area contributed by atoms with Crippen molar-refractivity contribution in [2.75, 3.05) is 11.2 Å². The first-order valence-electron chi connectivity index (χ1n) is 8.43. The van der Waals surface area contributed by atoms with Crippen molar-refractivity contribution in [3.63, 3.8) is 0 Å². The number of benzene rings is 2. The van der Waals surface area contributed by atoms with Gasteiger partial charge in [0, 0.05) is 11.3 Å². The number of hydrogen-bond acceptors (Lipinski definition) is 6. The zero-order valence-corrected chi connectivity index (χ0v) is 16.9. The third-order valence-electron chi connectivity index (χ3n) is 3.84. The van der Waals surface area contributed by atoms with Crippen molar-refractivity contribution >= 4 is 35.0 Å². The van der Waals surface area contributed by atoms with E-state index in [0.717, 1.165) is 17.8 Å². The van der Waals surface area contributed by atoms with Gasteiger partial charge in [0.1, 0.15) is 11.6 Å². The van der Waals surface area contributed by atoms with Crippen LogP contribution in [0.15, 0.2) is 47.6 Å². The number of ether oxygens (including phenoxy) is 1. The smallest absolute Gasteiger partial charge is 0.387 e. The number of nitrogens with one attached hydrogen (secondary N) is 1. The Morgan fingerprint density at radius 1 is 1.23 bits per heavy atom. The molecule has 0 aliphatic rings. The standard InChI is InChI=1S/C18H15ClF3N5O2S/c1-9(16(28)24-11-4-7-14(20)13(19)8-11)30-18-26-25-15(27(18)23)10-2-5-12(6-3-10)29-17(21)22/h2-9,17H,23H2,1H3,(H,24,28). The second-order valence-corrected chi connectivity index (χ2v) is 7.67. The maximum Gasteiger partial charge on any atom is 0.387 e. The van der Waals surface area contributed by atoms with Gasteiger partial charge in [-0.05, 0) is 49.4 Å². The Labute approximate surface area is 178 Å². The predicted molar refractivity (Wildman–Crippen MR) is 108 cm³/mol. The van der Waals surface area contributed by atoms with Gasteiger partial charge in [0.15, 0.2) is 5.82 Å². The second kappa shape index (κ2) is 9.26. The number of thioether (sulfide) groups is 1. The molecule has 0 saturated carbocycles. The molecule has 1 amide bonds. The average molecular weight is 458 g/mol. The van der Waals surface area contributed by atoms with E-state index in [9.17, 15) is 18.0 Å². The van der Waals surface area contributed by atoms with Crippen LogP contribution in [0.1, 0.15) is 6.92 Å². The van der Waals surface area contributed by atoms with E-state index in [0.29, 0.717) is 11.3 Å². The van der Waals surface area contributed by atoms with Gasteiger partial charge in [-0.15, -0.1) is 10.2 Å². The van der Waals surface area contributed by atoms with Crippen molar-refractivity contribution in [2.45, 2.75) is 23.9 Å². The lowest BCUT2D eigenvalue weighted by atomic mass is 10.2. The number of halogens is 4. The van der Waals surface area contributed by atoms with Crippen molar-refractivity contribution in [1.29, 1.82) is 0 Å². The van der Waals surface area contributed by atoms with Crippen LogP contribution in [0.3, 0.4) is 0 Å². The molecule has 3 aromatic rings. The number of carbonyl (C=O) groups excluding carboxylic acids is 1. The molecule has 1 atom stereocenters. The minimum Gasteiger partial charge on any atom is -0.435 e. The molecule has 3 rings (SSSR count). The Bertz CT molecular complexity index is 1050. The third-order valence-corrected chi connectivity index (χ3v) is 5.19. The van der Waals surface area contributed by atoms with Gasteiger partial charge in [-0.2, -0.15) is 8.78 Å². The third kappa shape index (κ3) is 5.16. The fourth-order valence-electron chi connectivity index (χ4n) is 2.37. The number of anilines is 1. The normalized spacial score (nSPS) is 12.1. The minimum atomic E-state index is -2.92. The van der Waals surface area contributed by atoms with E-state index in [1.165, 1.54) is 41.1 Å². The molecule has 1 heterocycles. The molecule has 158 valence electrons. The molecule has 12 heteroatoms. The first-order chi connectivity index (χ1) is 14.2. The molecule has 2 aromatic carbocycles. The molecule has 30 heavy (non-hydrogen) atoms. The van der Waals surface area contributed by atoms with E-state index in [1.807, 2.05) is 0 Å². The molecule has 1 aromatic heterocycles. The van der Waals surface area contributed by atoms with Crippen LogP contribution in [-0.4, -0.2) is 32.6 Å². The lowest BCUT2D eigenvalue weighted by Gasteiger charge is -2.12. The quantitative estimate of drug-likeness (QED) is 0.408. The summed E-state index contributed by atoms with van der Waals surface area (Å²) in [4.78, 5) is 12.4. The van der Waals surface area contributed by atoms with Gasteiger partial charge in [-0.1, -0.05) is 23.4 Å². The summed E-state index contributed by atoms with van der Waals surface area (Å²) in [5.74, 6) is 5.33. The maximum atomic E-state index is 13.2. The van der Waals surface area contributed by atoms with Crippen LogP contribution in [-0.2, 0) is 4.79 Å². The molecule has 0 aliphatic carbocycles. The van der Waals surface area contributed by atoms with Crippen LogP contribution in [0.2, 0.25) is 5.02 Å². The topological polar surface area (TPSA) is 95.1 Å². The van der Waals surface area contributed by atoms with Crippen LogP contribution in [0.25, 0.3) is 11.4 Å². The van der Waals surface area contributed by atoms with Crippen LogP contribution < -0.4 is 15.9 Å². The highest BCUT2D eigenvalue weighted by Crippen LogP contribution is 2.27. The van der Waals surface area contributed by atoms with Gasteiger partial charge in [-0.3, -0.25) is 4.79 Å². The summed E-state index contributed by atoms with van der Waals surface area (Å²) in [6.45, 7) is -1.29. The van der Waals surface area contributed by atoms with E-state index < -0.39 is 17.7 Å². The number of nitrogen functional groups attached to an aromatic ring is 1. The highest BCUT2D eigenvalue weighted by Gasteiger charge is 2.20. The van der Waals surface area contributed by atoms with Crippen molar-refractivity contribution in [2.24, 2.45) is 0 Å². The van der Waals surface area contributed by atoms with Gasteiger partial charge in [0.2, 0.25) is 11.1 Å². The summed E-state index contributed by atoms with van der Waals surface area (Å²) < 4.78 is 43.2. The Morgan fingerprint density at radius 3 is 2.57 bits per heavy atom. The zero-order valence-electron chi connectivity index (χ0n) is 15.4. The summed E-state index contributed by atoms with van der Waals surface area (Å²) >= 11 is 6.76. The van der Waals surface area contributed by atoms with Crippen LogP contribution in [0.4, 0.5) is 18.9 Å². The zero-order chi connectivity index (χ0) is 21.8. The highest BCUT2D eigenvalue weighted by atomic mass is 35.5. The summed E-state index contributed by atoms with van der Waals surface area (Å²) in [6.07, 6.45) is 0. The van der Waals surface area contributed by atoms with Gasteiger partial charge >= 0.3 is 6.61 Å². The van der Waals surface area contributed by atoms with Gasteiger partial charge in [0.05, 0.1) is 10.3 Å². The second-order valence-electron chi connectivity index (χ2n) is 5.96. The van der Waals surface area contributed by atoms with E-state index >= 15 is 0 Å². The Kier molecular flexibility index (Phi) is 6.73. The van der Waals surface area contributed by atoms with E-state index in [2.05, 4.69) is 20.3 Å². The van der Waals surface area contributed by atoms with Gasteiger partial charge in [-0.25, -0.2) is 9.07 Å². The summed E-state index contributed by atoms with van der Waals surface area (Å²) in [6, 6.07) is 9.57. The molecular weight excluding hydrogens is 443 g/mol. The van der Waals surface area contributed by atoms with E-state index in [-0.39, 0.29) is 27.7 Å². The monoisotopic (exact) mass is 457 g/mol. The average Bonchev–Trinajstić information content (AvgIpc) is 3.05. The first-order valence-corrected chi connectivity index (χ1v) is 9.68. The lowest BCUT2D eigenvalue weighted by molar-refractivity contribution is -0.115. The molecule has 1 unspecified atom stereocenters. The predicted octanol–water partition coefficient (Wildman–Crippen LogP) is 4.17. The van der Waals surface area contributed by atoms with Crippen molar-refractivity contribution < 1.29 is 22.7 Å². The number of amides is 1. The van der Waals surface area contributed by atoms with E-state index in [4.69, 9.17) is 17.4 Å². The number of carbonyl (C=O) groups is 1. The molecule has 0 aliphatic heterocycles. The number of nitrogens with two attached hydrogens (primary N) is 1. The molecular formula is C18H15ClF3N5O2S. The highest BCUT2D eigenvalue weighted by molar-refractivity contribution is 8.00. The summed E-state index contributed by atoms with van der Waals surface area (Å²) in [5, 5.41) is 10.1. The maximum absolute atomic E-state index is 13.2. The molecule has 3 N–H and O–H groups in total. The van der Waals surface area contributed by atoms with Gasteiger partial charge < -0.3 is 15.9 Å². The summed E-state index contributed by atoms with van der Waals surface area (Å²) in [7, 11) is 0. The number of hydrogen-bond donors (Lipinski definition) is 2. The number of alkyl halides is 2. The summed E-state index contributed by atoms with van der Waals surface area (Å²) in [5.41, 5.74) is 0.872. The Morgan fingerprint density at radius 2 is 1.93 bits per heavy atom. The molecule has 7 nitrogen and oxygen atoms in total. The van der Waals surface area contributed by atoms with Crippen LogP contribution in [0, 0.1) is 5.82 Å². The SMILES string of the molecule is CC(Sc1nnc(-c2ccc(OC(F)F)cc2)n1N)C(=O)Nc1ccc(F)c(Cl)c1. The van der Waals surface area contributed by atoms with Crippen molar-refractivity contribution in [3.05, 3.63) is 53.3 Å². The fraction of sp³-hybridized carbons (Fsp3) is 0.167. The molecule has 0 radical (unpaired) electrons. The van der Waals surface area contributed by atoms with Crippen molar-refractivity contribution in [3.8, 4) is 17.1 Å². The fourth-order valence-corrected chi connectivity index (χ4v) is 3.32. The number of rotatable bonds is 7. The lowest BCUT2D eigenvalue weighted by Crippen LogP contribution is -2.23. The van der Waals surface area contributed by atoms with Crippen LogP contribution >= 0.6 is 23.4 Å². The van der Waals surface area contributed by atoms with E-state index in [1.54, 1.807) is 6.92 Å². The minimum absolute atomic E-state index is 0.00220. The number of nitrogens with zero attached hydrogens (tertiary/aromatic N) is 3. The molecule has 0 fully saturated rings. The molecule has 0 bridgehead atoms. The van der Waals surface area contributed by atoms with Crippen LogP contribution in [0.5, 0.6) is 5.75 Å². The van der Waals surface area contributed by atoms with Crippen molar-refractivity contribution in [1.82, 2.24) is 14.9 Å². The molecule has 0 spiro atoms. The Balaban J connectivity index is 1.67. The Hall–Kier alpha value is -2.92. The first kappa shape index (κ1) is 21.8. The van der Waals surface area contributed by atoms with Gasteiger partial charge in [0.25, 0.3) is 0 Å². The molecule has 0 saturated heterocycles. The largest absolute Gasteiger partial charge is 0.435 e.